The Hall–Kier alpha value is -0.313. The van der Waals surface area contributed by atoms with Crippen molar-refractivity contribution in [2.75, 3.05) is 0 Å². The van der Waals surface area contributed by atoms with Crippen molar-refractivity contribution in [2.45, 2.75) is 19.3 Å². The molecule has 0 aromatic heterocycles. The number of allylic oxidation sites excluding steroid dienone is 12. The van der Waals surface area contributed by atoms with Crippen LogP contribution in [0.1, 0.15) is 19.3 Å². The van der Waals surface area contributed by atoms with Crippen molar-refractivity contribution in [3.05, 3.63) is 72.9 Å². The molecule has 0 aromatic carbocycles. The van der Waals surface area contributed by atoms with Gasteiger partial charge in [-0.05, 0) is 19.3 Å². The standard InChI is InChI=1S/3C5H6.Er/c3*1-2-4-5-3-1;/h3*1-4H,5H2;/q;;;+3. The molecule has 0 saturated heterocycles. The number of hydrogen-bond donors (Lipinski definition) is 0. The molecule has 0 unspecified atom stereocenters. The summed E-state index contributed by atoms with van der Waals surface area (Å²) < 4.78 is 0. The smallest absolute Gasteiger partial charge is 0.0808 e. The van der Waals surface area contributed by atoms with Crippen molar-refractivity contribution in [1.82, 2.24) is 0 Å². The van der Waals surface area contributed by atoms with E-state index < -0.39 is 0 Å². The van der Waals surface area contributed by atoms with E-state index in [4.69, 9.17) is 0 Å². The summed E-state index contributed by atoms with van der Waals surface area (Å²) in [6, 6.07) is 0. The summed E-state index contributed by atoms with van der Waals surface area (Å²) in [7, 11) is 0. The molecule has 0 spiro atoms. The molecule has 0 saturated carbocycles. The molecule has 0 aromatic rings. The van der Waals surface area contributed by atoms with E-state index in [0.29, 0.717) is 0 Å². The molecule has 1 radical (unpaired) electrons. The van der Waals surface area contributed by atoms with Crippen LogP contribution in [0.4, 0.5) is 0 Å². The molecule has 0 bridgehead atoms. The van der Waals surface area contributed by atoms with Crippen LogP contribution >= 0.6 is 0 Å². The van der Waals surface area contributed by atoms with Crippen molar-refractivity contribution in [3.8, 4) is 0 Å². The van der Waals surface area contributed by atoms with Gasteiger partial charge in [0.2, 0.25) is 0 Å². The Morgan fingerprint density at radius 1 is 0.375 bits per heavy atom. The van der Waals surface area contributed by atoms with Gasteiger partial charge in [0.05, 0.1) is 0 Å². The minimum atomic E-state index is 0. The Kier molecular flexibility index (Phi) is 12.5. The molecule has 0 fully saturated rings. The molecular weight excluding hydrogens is 347 g/mol. The van der Waals surface area contributed by atoms with Crippen LogP contribution in [0.5, 0.6) is 0 Å². The van der Waals surface area contributed by atoms with Gasteiger partial charge in [-0.1, -0.05) is 72.9 Å². The fourth-order valence-corrected chi connectivity index (χ4v) is 1.18. The first-order valence-corrected chi connectivity index (χ1v) is 5.45. The zero-order chi connectivity index (χ0) is 10.6. The maximum absolute atomic E-state index is 2.12. The molecule has 87 valence electrons. The van der Waals surface area contributed by atoms with Crippen LogP contribution in [0.15, 0.2) is 72.9 Å². The molecule has 0 nitrogen and oxygen atoms in total. The van der Waals surface area contributed by atoms with E-state index in [1.807, 2.05) is 0 Å². The summed E-state index contributed by atoms with van der Waals surface area (Å²) >= 11 is 0. The average Bonchev–Trinajstić information content (AvgIpc) is 3.09. The van der Waals surface area contributed by atoms with Gasteiger partial charge in [-0.25, -0.2) is 0 Å². The summed E-state index contributed by atoms with van der Waals surface area (Å²) in [5.74, 6) is 0. The quantitative estimate of drug-likeness (QED) is 0.593. The van der Waals surface area contributed by atoms with Crippen molar-refractivity contribution < 1.29 is 37.3 Å². The molecule has 0 atom stereocenters. The molecule has 0 aliphatic heterocycles. The van der Waals surface area contributed by atoms with Crippen LogP contribution in [0.3, 0.4) is 0 Å². The van der Waals surface area contributed by atoms with E-state index in [9.17, 15) is 0 Å². The van der Waals surface area contributed by atoms with Crippen LogP contribution in [-0.2, 0) is 0 Å². The maximum Gasteiger partial charge on any atom is 3.00 e. The van der Waals surface area contributed by atoms with E-state index in [1.54, 1.807) is 0 Å². The summed E-state index contributed by atoms with van der Waals surface area (Å²) in [6.07, 6.45) is 28.5. The third-order valence-electron chi connectivity index (χ3n) is 1.97. The molecule has 0 N–H and O–H groups in total. The molecule has 0 heterocycles. The first kappa shape index (κ1) is 15.7. The monoisotopic (exact) mass is 364 g/mol. The molecule has 3 aliphatic rings. The van der Waals surface area contributed by atoms with Crippen LogP contribution in [-0.4, -0.2) is 0 Å². The van der Waals surface area contributed by atoms with E-state index in [1.165, 1.54) is 0 Å². The molecular formula is C15H18Er+3. The van der Waals surface area contributed by atoms with Gasteiger partial charge in [-0.15, -0.1) is 0 Å². The second kappa shape index (κ2) is 12.8. The van der Waals surface area contributed by atoms with E-state index in [2.05, 4.69) is 72.9 Å². The van der Waals surface area contributed by atoms with Gasteiger partial charge in [0.1, 0.15) is 0 Å². The Morgan fingerprint density at radius 3 is 0.625 bits per heavy atom. The third-order valence-corrected chi connectivity index (χ3v) is 1.97. The largest absolute Gasteiger partial charge is 3.00 e. The van der Waals surface area contributed by atoms with Crippen molar-refractivity contribution in [1.29, 1.82) is 0 Å². The maximum atomic E-state index is 2.12. The van der Waals surface area contributed by atoms with E-state index in [-0.39, 0.29) is 37.3 Å². The van der Waals surface area contributed by atoms with Crippen LogP contribution in [0.2, 0.25) is 0 Å². The molecule has 16 heavy (non-hydrogen) atoms. The first-order valence-electron chi connectivity index (χ1n) is 5.45. The van der Waals surface area contributed by atoms with Crippen LogP contribution in [0.25, 0.3) is 0 Å². The molecule has 3 aliphatic carbocycles. The van der Waals surface area contributed by atoms with Gasteiger partial charge in [-0.3, -0.25) is 0 Å². The van der Waals surface area contributed by atoms with Crippen molar-refractivity contribution in [3.63, 3.8) is 0 Å². The summed E-state index contributed by atoms with van der Waals surface area (Å²) in [4.78, 5) is 0. The molecule has 1 heteroatoms. The Bertz CT molecular complexity index is 232. The van der Waals surface area contributed by atoms with Gasteiger partial charge >= 0.3 is 37.3 Å². The third kappa shape index (κ3) is 10.2. The van der Waals surface area contributed by atoms with Gasteiger partial charge in [0.25, 0.3) is 0 Å². The molecule has 0 amide bonds. The average molecular weight is 366 g/mol. The second-order valence-corrected chi connectivity index (χ2v) is 3.28. The van der Waals surface area contributed by atoms with Crippen LogP contribution < -0.4 is 0 Å². The van der Waals surface area contributed by atoms with Gasteiger partial charge in [0, 0.05) is 0 Å². The van der Waals surface area contributed by atoms with Crippen molar-refractivity contribution in [2.24, 2.45) is 0 Å². The minimum absolute atomic E-state index is 0. The summed E-state index contributed by atoms with van der Waals surface area (Å²) in [6.45, 7) is 0. The Morgan fingerprint density at radius 2 is 0.562 bits per heavy atom. The minimum Gasteiger partial charge on any atom is -0.0808 e. The predicted molar refractivity (Wildman–Crippen MR) is 68.7 cm³/mol. The number of rotatable bonds is 0. The zero-order valence-corrected chi connectivity index (χ0v) is 11.2. The van der Waals surface area contributed by atoms with E-state index >= 15 is 0 Å². The predicted octanol–water partition coefficient (Wildman–Crippen LogP) is 4.51. The zero-order valence-electron chi connectivity index (χ0n) is 9.34. The Balaban J connectivity index is 0.000000205. The SMILES string of the molecule is C1=CCC=C1.C1=CCC=C1.C1=CCC=C1.[Er+3]. The molecule has 3 rings (SSSR count). The summed E-state index contributed by atoms with van der Waals surface area (Å²) in [5, 5.41) is 0. The van der Waals surface area contributed by atoms with Crippen LogP contribution in [0, 0.1) is 37.3 Å². The topological polar surface area (TPSA) is 0 Å². The van der Waals surface area contributed by atoms with Crippen molar-refractivity contribution >= 4 is 0 Å². The second-order valence-electron chi connectivity index (χ2n) is 3.28. The fraction of sp³-hybridized carbons (Fsp3) is 0.200. The number of hydrogen-bond acceptors (Lipinski definition) is 0. The fourth-order valence-electron chi connectivity index (χ4n) is 1.18. The van der Waals surface area contributed by atoms with Gasteiger partial charge < -0.3 is 0 Å². The van der Waals surface area contributed by atoms with Gasteiger partial charge in [0.15, 0.2) is 0 Å². The first-order chi connectivity index (χ1) is 7.50. The van der Waals surface area contributed by atoms with Gasteiger partial charge in [-0.2, -0.15) is 0 Å². The summed E-state index contributed by atoms with van der Waals surface area (Å²) in [5.41, 5.74) is 0. The Labute approximate surface area is 128 Å². The normalized spacial score (nSPS) is 16.5. The van der Waals surface area contributed by atoms with E-state index in [0.717, 1.165) is 19.3 Å².